The number of fused-ring (bicyclic) bond motifs is 2. The van der Waals surface area contributed by atoms with Crippen LogP contribution in [0, 0.1) is 5.92 Å². The number of nitrogens with zero attached hydrogens (tertiary/aromatic N) is 5. The molecule has 26 heavy (non-hydrogen) atoms. The third-order valence-corrected chi connectivity index (χ3v) is 5.79. The quantitative estimate of drug-likeness (QED) is 0.910. The predicted molar refractivity (Wildman–Crippen MR) is 98.7 cm³/mol. The molecule has 0 aromatic carbocycles. The number of piperidine rings is 1. The van der Waals surface area contributed by atoms with Crippen LogP contribution >= 0.6 is 0 Å². The van der Waals surface area contributed by atoms with Gasteiger partial charge in [-0.3, -0.25) is 14.4 Å². The van der Waals surface area contributed by atoms with E-state index in [4.69, 9.17) is 4.98 Å². The maximum Gasteiger partial charge on any atom is 0.274 e. The summed E-state index contributed by atoms with van der Waals surface area (Å²) >= 11 is 0. The zero-order valence-corrected chi connectivity index (χ0v) is 15.9. The number of likely N-dealkylation sites (tertiary alicyclic amines) is 1. The van der Waals surface area contributed by atoms with Crippen LogP contribution in [0.4, 0.5) is 0 Å². The van der Waals surface area contributed by atoms with Crippen LogP contribution in [0.1, 0.15) is 48.6 Å². The fourth-order valence-electron chi connectivity index (χ4n) is 4.55. The maximum absolute atomic E-state index is 12.8. The van der Waals surface area contributed by atoms with Gasteiger partial charge in [0.05, 0.1) is 17.6 Å². The van der Waals surface area contributed by atoms with Gasteiger partial charge in [0, 0.05) is 51.5 Å². The van der Waals surface area contributed by atoms with Gasteiger partial charge in [-0.2, -0.15) is 5.10 Å². The molecule has 0 atom stereocenters. The van der Waals surface area contributed by atoms with Gasteiger partial charge in [-0.1, -0.05) is 13.8 Å². The lowest BCUT2D eigenvalue weighted by molar-refractivity contribution is 0.000441. The van der Waals surface area contributed by atoms with Crippen molar-refractivity contribution in [3.05, 3.63) is 35.7 Å². The Morgan fingerprint density at radius 3 is 2.73 bits per heavy atom. The number of hydrogen-bond acceptors (Lipinski definition) is 4. The zero-order valence-electron chi connectivity index (χ0n) is 15.9. The fourth-order valence-corrected chi connectivity index (χ4v) is 4.55. The van der Waals surface area contributed by atoms with Crippen LogP contribution in [-0.2, 0) is 19.0 Å². The van der Waals surface area contributed by atoms with Crippen LogP contribution in [0.3, 0.4) is 0 Å². The van der Waals surface area contributed by atoms with Crippen molar-refractivity contribution < 1.29 is 4.79 Å². The topological polar surface area (TPSA) is 70.1 Å². The number of aromatic amines is 1. The SMILES string of the molecule is CC(C)CN1CCc2[nH]cnc2C12CCN(C(=O)c1ccn(C)n1)CC2. The van der Waals surface area contributed by atoms with E-state index in [-0.39, 0.29) is 11.4 Å². The van der Waals surface area contributed by atoms with Crippen molar-refractivity contribution in [1.29, 1.82) is 0 Å². The summed E-state index contributed by atoms with van der Waals surface area (Å²) in [6.07, 6.45) is 6.53. The smallest absolute Gasteiger partial charge is 0.274 e. The van der Waals surface area contributed by atoms with Gasteiger partial charge in [-0.05, 0) is 24.8 Å². The maximum atomic E-state index is 12.8. The van der Waals surface area contributed by atoms with Crippen LogP contribution < -0.4 is 0 Å². The summed E-state index contributed by atoms with van der Waals surface area (Å²) < 4.78 is 1.68. The van der Waals surface area contributed by atoms with E-state index in [1.165, 1.54) is 11.4 Å². The van der Waals surface area contributed by atoms with Crippen LogP contribution in [0.15, 0.2) is 18.6 Å². The van der Waals surface area contributed by atoms with Gasteiger partial charge in [-0.25, -0.2) is 4.98 Å². The number of nitrogens with one attached hydrogen (secondary N) is 1. The third kappa shape index (κ3) is 2.84. The second kappa shape index (κ2) is 6.54. The first-order valence-corrected chi connectivity index (χ1v) is 9.56. The molecule has 4 heterocycles. The first kappa shape index (κ1) is 17.3. The third-order valence-electron chi connectivity index (χ3n) is 5.79. The molecule has 7 nitrogen and oxygen atoms in total. The van der Waals surface area contributed by atoms with Crippen LogP contribution in [0.2, 0.25) is 0 Å². The van der Waals surface area contributed by atoms with Gasteiger partial charge in [-0.15, -0.1) is 0 Å². The standard InChI is InChI=1S/C19H28N6O/c1-14(2)12-25-9-5-15-17(21-13-20-15)19(25)6-10-24(11-7-19)18(26)16-4-8-23(3)22-16/h4,8,13-14H,5-7,9-12H2,1-3H3,(H,20,21). The predicted octanol–water partition coefficient (Wildman–Crippen LogP) is 1.79. The monoisotopic (exact) mass is 356 g/mol. The molecule has 1 spiro atoms. The second-order valence-corrected chi connectivity index (χ2v) is 8.02. The van der Waals surface area contributed by atoms with Crippen molar-refractivity contribution in [2.45, 2.75) is 38.6 Å². The van der Waals surface area contributed by atoms with Crippen molar-refractivity contribution in [2.75, 3.05) is 26.2 Å². The minimum atomic E-state index is -0.0429. The molecule has 0 radical (unpaired) electrons. The molecular formula is C19H28N6O. The average molecular weight is 356 g/mol. The highest BCUT2D eigenvalue weighted by molar-refractivity contribution is 5.92. The number of imidazole rings is 1. The van der Waals surface area contributed by atoms with Crippen molar-refractivity contribution >= 4 is 5.91 Å². The Bertz CT molecular complexity index is 784. The Hall–Kier alpha value is -2.15. The van der Waals surface area contributed by atoms with Gasteiger partial charge in [0.1, 0.15) is 5.69 Å². The molecule has 0 bridgehead atoms. The Morgan fingerprint density at radius 1 is 1.31 bits per heavy atom. The highest BCUT2D eigenvalue weighted by Gasteiger charge is 2.47. The zero-order chi connectivity index (χ0) is 18.3. The molecule has 1 saturated heterocycles. The number of H-pyrrole nitrogens is 1. The average Bonchev–Trinajstić information content (AvgIpc) is 3.27. The Balaban J connectivity index is 1.56. The summed E-state index contributed by atoms with van der Waals surface area (Å²) in [6, 6.07) is 1.80. The molecule has 2 aliphatic heterocycles. The van der Waals surface area contributed by atoms with Gasteiger partial charge >= 0.3 is 0 Å². The van der Waals surface area contributed by atoms with E-state index in [9.17, 15) is 4.79 Å². The fraction of sp³-hybridized carbons (Fsp3) is 0.632. The summed E-state index contributed by atoms with van der Waals surface area (Å²) in [5.41, 5.74) is 2.97. The van der Waals surface area contributed by atoms with E-state index in [1.54, 1.807) is 10.7 Å². The molecule has 1 fully saturated rings. The van der Waals surface area contributed by atoms with Gasteiger partial charge in [0.2, 0.25) is 0 Å². The molecule has 140 valence electrons. The van der Waals surface area contributed by atoms with Crippen molar-refractivity contribution in [3.8, 4) is 0 Å². The number of carbonyl (C=O) groups excluding carboxylic acids is 1. The van der Waals surface area contributed by atoms with E-state index in [0.717, 1.165) is 45.4 Å². The van der Waals surface area contributed by atoms with Gasteiger partial charge in [0.25, 0.3) is 5.91 Å². The summed E-state index contributed by atoms with van der Waals surface area (Å²) in [5, 5.41) is 4.27. The number of carbonyl (C=O) groups is 1. The van der Waals surface area contributed by atoms with Crippen LogP contribution in [0.5, 0.6) is 0 Å². The van der Waals surface area contributed by atoms with E-state index in [2.05, 4.69) is 28.8 Å². The molecule has 0 unspecified atom stereocenters. The molecule has 2 aromatic rings. The molecule has 2 aromatic heterocycles. The van der Waals surface area contributed by atoms with Gasteiger partial charge < -0.3 is 9.88 Å². The lowest BCUT2D eigenvalue weighted by Gasteiger charge is -2.51. The van der Waals surface area contributed by atoms with E-state index in [0.29, 0.717) is 11.6 Å². The number of aromatic nitrogens is 4. The number of hydrogen-bond donors (Lipinski definition) is 1. The van der Waals surface area contributed by atoms with E-state index in [1.807, 2.05) is 24.5 Å². The Labute approximate surface area is 154 Å². The van der Waals surface area contributed by atoms with E-state index >= 15 is 0 Å². The first-order chi connectivity index (χ1) is 12.5. The normalized spacial score (nSPS) is 19.9. The van der Waals surface area contributed by atoms with E-state index < -0.39 is 0 Å². The van der Waals surface area contributed by atoms with Crippen LogP contribution in [0.25, 0.3) is 0 Å². The van der Waals surface area contributed by atoms with Crippen molar-refractivity contribution in [2.24, 2.45) is 13.0 Å². The largest absolute Gasteiger partial charge is 0.348 e. The van der Waals surface area contributed by atoms with Crippen molar-refractivity contribution in [1.82, 2.24) is 29.5 Å². The number of rotatable bonds is 3. The molecule has 1 amide bonds. The number of amides is 1. The molecule has 0 aliphatic carbocycles. The second-order valence-electron chi connectivity index (χ2n) is 8.02. The van der Waals surface area contributed by atoms with Crippen molar-refractivity contribution in [3.63, 3.8) is 0 Å². The lowest BCUT2D eigenvalue weighted by Crippen LogP contribution is -2.57. The summed E-state index contributed by atoms with van der Waals surface area (Å²) in [4.78, 5) is 25.4. The summed E-state index contributed by atoms with van der Waals surface area (Å²) in [7, 11) is 1.84. The number of aryl methyl sites for hydroxylation is 1. The lowest BCUT2D eigenvalue weighted by atomic mass is 9.78. The molecule has 7 heteroatoms. The highest BCUT2D eigenvalue weighted by atomic mass is 16.2. The Kier molecular flexibility index (Phi) is 4.34. The summed E-state index contributed by atoms with van der Waals surface area (Å²) in [5.74, 6) is 0.648. The molecule has 4 rings (SSSR count). The first-order valence-electron chi connectivity index (χ1n) is 9.56. The highest BCUT2D eigenvalue weighted by Crippen LogP contribution is 2.42. The summed E-state index contributed by atoms with van der Waals surface area (Å²) in [6.45, 7) is 8.16. The van der Waals surface area contributed by atoms with Crippen LogP contribution in [-0.4, -0.2) is 61.6 Å². The Morgan fingerprint density at radius 2 is 2.08 bits per heavy atom. The molecular weight excluding hydrogens is 328 g/mol. The minimum Gasteiger partial charge on any atom is -0.348 e. The molecule has 0 saturated carbocycles. The minimum absolute atomic E-state index is 0.0360. The molecule has 2 aliphatic rings. The molecule has 1 N–H and O–H groups in total. The van der Waals surface area contributed by atoms with Gasteiger partial charge in [0.15, 0.2) is 0 Å².